The van der Waals surface area contributed by atoms with Gasteiger partial charge in [-0.25, -0.2) is 4.79 Å². The summed E-state index contributed by atoms with van der Waals surface area (Å²) < 4.78 is 12.2. The molecule has 0 saturated carbocycles. The zero-order chi connectivity index (χ0) is 21.8. The molecule has 0 aliphatic carbocycles. The van der Waals surface area contributed by atoms with Gasteiger partial charge < -0.3 is 19.8 Å². The number of aryl methyl sites for hydroxylation is 1. The fraction of sp³-hybridized carbons (Fsp3) is 0.364. The van der Waals surface area contributed by atoms with Crippen LogP contribution in [0.3, 0.4) is 0 Å². The van der Waals surface area contributed by atoms with Gasteiger partial charge in [0.2, 0.25) is 0 Å². The van der Waals surface area contributed by atoms with Crippen LogP contribution in [0.2, 0.25) is 0 Å². The predicted octanol–water partition coefficient (Wildman–Crippen LogP) is 1.12. The maximum absolute atomic E-state index is 12.4. The van der Waals surface area contributed by atoms with Crippen LogP contribution in [0, 0.1) is 11.3 Å². The summed E-state index contributed by atoms with van der Waals surface area (Å²) in [7, 11) is 1.66. The van der Waals surface area contributed by atoms with Gasteiger partial charge in [0.15, 0.2) is 5.58 Å². The third-order valence-electron chi connectivity index (χ3n) is 5.27. The topological polar surface area (TPSA) is 122 Å². The molecule has 0 spiro atoms. The highest BCUT2D eigenvalue weighted by molar-refractivity contribution is 5.82. The first kappa shape index (κ1) is 20.8. The van der Waals surface area contributed by atoms with Crippen molar-refractivity contribution in [2.24, 2.45) is 7.05 Å². The van der Waals surface area contributed by atoms with Gasteiger partial charge in [0.05, 0.1) is 11.6 Å². The summed E-state index contributed by atoms with van der Waals surface area (Å²) in [5.74, 6) is -0.702. The number of carbonyl (C=O) groups excluding carboxylic acids is 1. The second-order valence-electron chi connectivity index (χ2n) is 7.46. The minimum Gasteiger partial charge on any atom is -0.408 e. The Labute approximate surface area is 178 Å². The molecule has 1 unspecified atom stereocenters. The number of benzene rings is 1. The first-order valence-electron chi connectivity index (χ1n) is 10.1. The Balaban J connectivity index is 1.43. The average Bonchev–Trinajstić information content (AvgIpc) is 2.96. The van der Waals surface area contributed by atoms with E-state index in [1.807, 2.05) is 24.3 Å². The minimum absolute atomic E-state index is 0.290. The normalized spacial score (nSPS) is 17.6. The van der Waals surface area contributed by atoms with Crippen molar-refractivity contribution in [1.82, 2.24) is 20.2 Å². The standard InChI is InChI=1S/C22H23N5O4/c1-27-18-9-14(4-6-19(18)31-22(27)29)15-3-5-16(25-12-15)10-17(11-23)26-21(28)20-13-24-7-2-8-30-20/h3-6,9,12,17,20,24H,2,7-8,10,13H2,1H3,(H,26,28)/t17?,20-/m1/s1. The molecule has 31 heavy (non-hydrogen) atoms. The van der Waals surface area contributed by atoms with Crippen molar-refractivity contribution < 1.29 is 13.9 Å². The molecule has 1 amide bonds. The van der Waals surface area contributed by atoms with Crippen LogP contribution in [0.25, 0.3) is 22.2 Å². The third-order valence-corrected chi connectivity index (χ3v) is 5.27. The van der Waals surface area contributed by atoms with E-state index in [0.29, 0.717) is 29.9 Å². The number of nitrogens with zero attached hydrogens (tertiary/aromatic N) is 3. The number of ether oxygens (including phenoxy) is 1. The maximum Gasteiger partial charge on any atom is 0.419 e. The quantitative estimate of drug-likeness (QED) is 0.633. The lowest BCUT2D eigenvalue weighted by Gasteiger charge is -2.17. The Morgan fingerprint density at radius 1 is 1.39 bits per heavy atom. The molecule has 1 aliphatic rings. The zero-order valence-electron chi connectivity index (χ0n) is 17.1. The van der Waals surface area contributed by atoms with Crippen molar-refractivity contribution in [2.45, 2.75) is 25.0 Å². The maximum atomic E-state index is 12.4. The smallest absolute Gasteiger partial charge is 0.408 e. The number of carbonyl (C=O) groups is 1. The van der Waals surface area contributed by atoms with Crippen LogP contribution in [0.15, 0.2) is 45.7 Å². The minimum atomic E-state index is -0.700. The van der Waals surface area contributed by atoms with E-state index in [-0.39, 0.29) is 12.3 Å². The molecule has 9 nitrogen and oxygen atoms in total. The SMILES string of the molecule is Cn1c(=O)oc2ccc(-c3ccc(CC(C#N)NC(=O)[C@H]4CNCCCO4)nc3)cc21. The molecular weight excluding hydrogens is 398 g/mol. The molecule has 0 radical (unpaired) electrons. The Bertz CT molecular complexity index is 1170. The van der Waals surface area contributed by atoms with Crippen molar-refractivity contribution in [3.63, 3.8) is 0 Å². The Morgan fingerprint density at radius 2 is 2.23 bits per heavy atom. The summed E-state index contributed by atoms with van der Waals surface area (Å²) in [4.78, 5) is 28.5. The summed E-state index contributed by atoms with van der Waals surface area (Å²) in [6, 6.07) is 10.6. The van der Waals surface area contributed by atoms with Crippen molar-refractivity contribution in [2.75, 3.05) is 19.7 Å². The number of pyridine rings is 1. The third kappa shape index (κ3) is 4.66. The largest absolute Gasteiger partial charge is 0.419 e. The highest BCUT2D eigenvalue weighted by atomic mass is 16.5. The fourth-order valence-electron chi connectivity index (χ4n) is 3.51. The average molecular weight is 421 g/mol. The van der Waals surface area contributed by atoms with Gasteiger partial charge in [-0.3, -0.25) is 14.3 Å². The Kier molecular flexibility index (Phi) is 6.11. The molecule has 0 bridgehead atoms. The van der Waals surface area contributed by atoms with Gasteiger partial charge in [0.1, 0.15) is 12.1 Å². The molecule has 1 saturated heterocycles. The number of oxazole rings is 1. The predicted molar refractivity (Wildman–Crippen MR) is 113 cm³/mol. The van der Waals surface area contributed by atoms with Gasteiger partial charge in [-0.05, 0) is 36.7 Å². The molecule has 2 aromatic heterocycles. The van der Waals surface area contributed by atoms with E-state index in [2.05, 4.69) is 21.7 Å². The molecular formula is C22H23N5O4. The van der Waals surface area contributed by atoms with E-state index in [1.165, 1.54) is 4.57 Å². The van der Waals surface area contributed by atoms with Crippen LogP contribution in [-0.2, 0) is 23.0 Å². The van der Waals surface area contributed by atoms with E-state index < -0.39 is 17.9 Å². The monoisotopic (exact) mass is 421 g/mol. The number of hydrogen-bond acceptors (Lipinski definition) is 7. The van der Waals surface area contributed by atoms with E-state index in [0.717, 1.165) is 24.1 Å². The van der Waals surface area contributed by atoms with Crippen LogP contribution in [0.4, 0.5) is 0 Å². The molecule has 1 aromatic carbocycles. The number of nitriles is 1. The summed E-state index contributed by atoms with van der Waals surface area (Å²) in [6.45, 7) is 1.76. The molecule has 2 atom stereocenters. The van der Waals surface area contributed by atoms with Gasteiger partial charge in [-0.1, -0.05) is 12.1 Å². The van der Waals surface area contributed by atoms with Crippen molar-refractivity contribution >= 4 is 17.0 Å². The van der Waals surface area contributed by atoms with E-state index in [9.17, 15) is 14.9 Å². The molecule has 9 heteroatoms. The lowest BCUT2D eigenvalue weighted by atomic mass is 10.1. The summed E-state index contributed by atoms with van der Waals surface area (Å²) in [6.07, 6.45) is 2.26. The van der Waals surface area contributed by atoms with E-state index in [1.54, 1.807) is 19.3 Å². The van der Waals surface area contributed by atoms with Gasteiger partial charge in [-0.2, -0.15) is 5.26 Å². The van der Waals surface area contributed by atoms with Crippen LogP contribution < -0.4 is 16.4 Å². The number of aromatic nitrogens is 2. The van der Waals surface area contributed by atoms with E-state index >= 15 is 0 Å². The molecule has 4 rings (SSSR count). The second-order valence-corrected chi connectivity index (χ2v) is 7.46. The molecule has 2 N–H and O–H groups in total. The number of hydrogen-bond donors (Lipinski definition) is 2. The first-order chi connectivity index (χ1) is 15.0. The summed E-state index contributed by atoms with van der Waals surface area (Å²) in [5.41, 5.74) is 3.68. The van der Waals surface area contributed by atoms with Gasteiger partial charge >= 0.3 is 5.76 Å². The molecule has 160 valence electrons. The number of rotatable bonds is 5. The molecule has 3 heterocycles. The van der Waals surface area contributed by atoms with Crippen LogP contribution in [0.5, 0.6) is 0 Å². The van der Waals surface area contributed by atoms with Gasteiger partial charge in [0, 0.05) is 44.1 Å². The lowest BCUT2D eigenvalue weighted by molar-refractivity contribution is -0.132. The first-order valence-corrected chi connectivity index (χ1v) is 10.1. The number of fused-ring (bicyclic) bond motifs is 1. The van der Waals surface area contributed by atoms with Crippen molar-refractivity contribution in [1.29, 1.82) is 5.26 Å². The van der Waals surface area contributed by atoms with Crippen molar-refractivity contribution in [3.8, 4) is 17.2 Å². The fourth-order valence-corrected chi connectivity index (χ4v) is 3.51. The molecule has 1 fully saturated rings. The molecule has 3 aromatic rings. The van der Waals surface area contributed by atoms with Crippen molar-refractivity contribution in [3.05, 3.63) is 52.8 Å². The van der Waals surface area contributed by atoms with Crippen LogP contribution in [0.1, 0.15) is 12.1 Å². The van der Waals surface area contributed by atoms with Gasteiger partial charge in [-0.15, -0.1) is 0 Å². The zero-order valence-corrected chi connectivity index (χ0v) is 17.1. The van der Waals surface area contributed by atoms with Crippen LogP contribution >= 0.6 is 0 Å². The number of nitrogens with one attached hydrogen (secondary N) is 2. The molecule has 1 aliphatic heterocycles. The highest BCUT2D eigenvalue weighted by Crippen LogP contribution is 2.23. The van der Waals surface area contributed by atoms with Gasteiger partial charge in [0.25, 0.3) is 5.91 Å². The van der Waals surface area contributed by atoms with E-state index in [4.69, 9.17) is 9.15 Å². The highest BCUT2D eigenvalue weighted by Gasteiger charge is 2.23. The number of amides is 1. The second kappa shape index (κ2) is 9.12. The Morgan fingerprint density at radius 3 is 3.00 bits per heavy atom. The Hall–Kier alpha value is -3.48. The summed E-state index contributed by atoms with van der Waals surface area (Å²) >= 11 is 0. The van der Waals surface area contributed by atoms with Crippen LogP contribution in [-0.4, -0.2) is 47.3 Å². The summed E-state index contributed by atoms with van der Waals surface area (Å²) in [5, 5.41) is 15.4. The lowest BCUT2D eigenvalue weighted by Crippen LogP contribution is -2.46.